The number of amides is 2. The summed E-state index contributed by atoms with van der Waals surface area (Å²) in [4.78, 5) is 37.4. The number of carbonyl (C=O) groups is 2. The zero-order chi connectivity index (χ0) is 20.8. The van der Waals surface area contributed by atoms with Crippen molar-refractivity contribution >= 4 is 18.3 Å². The molecule has 0 saturated carbocycles. The molecule has 1 aromatic heterocycles. The Balaban J connectivity index is 2.60. The number of likely N-dealkylation sites (N-methyl/N-ethyl adjacent to an activating group) is 1. The second-order valence-electron chi connectivity index (χ2n) is 6.49. The van der Waals surface area contributed by atoms with Gasteiger partial charge in [-0.15, -0.1) is 0 Å². The first-order valence-corrected chi connectivity index (χ1v) is 9.32. The van der Waals surface area contributed by atoms with Crippen LogP contribution in [0, 0.1) is 5.92 Å². The second kappa shape index (κ2) is 13.7. The van der Waals surface area contributed by atoms with Crippen molar-refractivity contribution in [3.8, 4) is 0 Å². The van der Waals surface area contributed by atoms with Crippen LogP contribution in [0.25, 0.3) is 0 Å². The number of methoxy groups -OCH3 is 1. The van der Waals surface area contributed by atoms with E-state index in [1.807, 2.05) is 11.9 Å². The molecule has 0 aliphatic heterocycles. The maximum atomic E-state index is 12.4. The minimum Gasteiger partial charge on any atom is -0.383 e. The average Bonchev–Trinajstić information content (AvgIpc) is 2.70. The zero-order valence-electron chi connectivity index (χ0n) is 16.8. The molecule has 1 atom stereocenters. The van der Waals surface area contributed by atoms with Gasteiger partial charge in [-0.2, -0.15) is 9.97 Å². The van der Waals surface area contributed by atoms with Gasteiger partial charge in [0, 0.05) is 13.7 Å². The average molecular weight is 397 g/mol. The third-order valence-electron chi connectivity index (χ3n) is 4.06. The lowest BCUT2D eigenvalue weighted by Gasteiger charge is -2.19. The number of aromatic nitrogens is 3. The van der Waals surface area contributed by atoms with Crippen molar-refractivity contribution in [1.29, 1.82) is 0 Å². The molecule has 3 N–H and O–H groups in total. The molecule has 28 heavy (non-hydrogen) atoms. The van der Waals surface area contributed by atoms with E-state index in [-0.39, 0.29) is 24.8 Å². The van der Waals surface area contributed by atoms with E-state index in [1.54, 1.807) is 7.11 Å². The summed E-state index contributed by atoms with van der Waals surface area (Å²) in [5.74, 6) is -0.138. The Morgan fingerprint density at radius 3 is 2.86 bits per heavy atom. The molecule has 0 spiro atoms. The van der Waals surface area contributed by atoms with Crippen LogP contribution in [0.5, 0.6) is 0 Å². The highest BCUT2D eigenvalue weighted by molar-refractivity contribution is 5.80. The molecule has 0 aromatic carbocycles. The molecule has 2 amide bonds. The topological polar surface area (TPSA) is 133 Å². The van der Waals surface area contributed by atoms with Gasteiger partial charge in [-0.25, -0.2) is 10.0 Å². The van der Waals surface area contributed by atoms with Crippen molar-refractivity contribution in [1.82, 2.24) is 30.3 Å². The molecular weight excluding hydrogens is 366 g/mol. The molecule has 1 heterocycles. The quantitative estimate of drug-likeness (QED) is 0.167. The highest BCUT2D eigenvalue weighted by Crippen LogP contribution is 2.11. The molecule has 11 heteroatoms. The second-order valence-corrected chi connectivity index (χ2v) is 6.49. The standard InChI is InChI=1S/C17H31N7O4/c1-4-5-6-7-14(10-24(27)13-25)16(26)21-22-17-19-12-18-15(20-17)11-23(2)8-9-28-3/h12-14,27H,4-11H2,1-3H3,(H,21,26)(H,18,19,20,22)/t14-/m1/s1. The molecular formula is C17H31N7O4. The normalized spacial score (nSPS) is 11.9. The summed E-state index contributed by atoms with van der Waals surface area (Å²) >= 11 is 0. The van der Waals surface area contributed by atoms with Gasteiger partial charge in [0.2, 0.25) is 18.3 Å². The molecule has 158 valence electrons. The van der Waals surface area contributed by atoms with Crippen LogP contribution in [0.3, 0.4) is 0 Å². The molecule has 11 nitrogen and oxygen atoms in total. The fourth-order valence-electron chi connectivity index (χ4n) is 2.47. The van der Waals surface area contributed by atoms with Crippen LogP contribution in [-0.4, -0.2) is 76.3 Å². The van der Waals surface area contributed by atoms with Crippen molar-refractivity contribution < 1.29 is 19.5 Å². The first-order chi connectivity index (χ1) is 13.5. The summed E-state index contributed by atoms with van der Waals surface area (Å²) in [6, 6.07) is 0. The number of hydrogen-bond acceptors (Lipinski definition) is 9. The number of rotatable bonds is 15. The highest BCUT2D eigenvalue weighted by Gasteiger charge is 2.20. The van der Waals surface area contributed by atoms with E-state index < -0.39 is 5.92 Å². The fraction of sp³-hybridized carbons (Fsp3) is 0.706. The number of hydroxylamine groups is 2. The van der Waals surface area contributed by atoms with E-state index in [1.165, 1.54) is 6.33 Å². The summed E-state index contributed by atoms with van der Waals surface area (Å²) in [5, 5.41) is 9.90. The maximum absolute atomic E-state index is 12.4. The fourth-order valence-corrected chi connectivity index (χ4v) is 2.47. The molecule has 0 radical (unpaired) electrons. The van der Waals surface area contributed by atoms with Gasteiger partial charge >= 0.3 is 0 Å². The number of ether oxygens (including phenoxy) is 1. The minimum atomic E-state index is -0.546. The van der Waals surface area contributed by atoms with E-state index >= 15 is 0 Å². The molecule has 0 fully saturated rings. The molecule has 0 saturated heterocycles. The van der Waals surface area contributed by atoms with Crippen molar-refractivity contribution in [2.45, 2.75) is 39.2 Å². The van der Waals surface area contributed by atoms with Gasteiger partial charge in [-0.05, 0) is 13.5 Å². The molecule has 0 unspecified atom stereocenters. The highest BCUT2D eigenvalue weighted by atomic mass is 16.5. The Kier molecular flexibility index (Phi) is 11.6. The van der Waals surface area contributed by atoms with Crippen molar-refractivity contribution in [2.24, 2.45) is 5.92 Å². The van der Waals surface area contributed by atoms with Gasteiger partial charge < -0.3 is 4.74 Å². The summed E-state index contributed by atoms with van der Waals surface area (Å²) in [7, 11) is 3.56. The summed E-state index contributed by atoms with van der Waals surface area (Å²) < 4.78 is 5.03. The summed E-state index contributed by atoms with van der Waals surface area (Å²) in [5.41, 5.74) is 5.21. The SMILES string of the molecule is CCCCC[C@H](CN(O)C=O)C(=O)NNc1ncnc(CN(C)CCOC)n1. The Morgan fingerprint density at radius 1 is 1.39 bits per heavy atom. The third kappa shape index (κ3) is 9.53. The van der Waals surface area contributed by atoms with Gasteiger partial charge in [0.25, 0.3) is 0 Å². The number of nitrogens with one attached hydrogen (secondary N) is 2. The van der Waals surface area contributed by atoms with E-state index in [9.17, 15) is 14.8 Å². The number of nitrogens with zero attached hydrogens (tertiary/aromatic N) is 5. The van der Waals surface area contributed by atoms with E-state index in [2.05, 4.69) is 32.7 Å². The Morgan fingerprint density at radius 2 is 2.18 bits per heavy atom. The van der Waals surface area contributed by atoms with Crippen LogP contribution in [0.1, 0.15) is 38.4 Å². The number of hydrazine groups is 1. The van der Waals surface area contributed by atoms with Gasteiger partial charge in [-0.3, -0.25) is 30.5 Å². The maximum Gasteiger partial charge on any atom is 0.245 e. The lowest BCUT2D eigenvalue weighted by Crippen LogP contribution is -2.40. The summed E-state index contributed by atoms with van der Waals surface area (Å²) in [6.07, 6.45) is 5.00. The lowest BCUT2D eigenvalue weighted by atomic mass is 10.0. The third-order valence-corrected chi connectivity index (χ3v) is 4.06. The number of unbranched alkanes of at least 4 members (excludes halogenated alkanes) is 2. The molecule has 1 aromatic rings. The van der Waals surface area contributed by atoms with E-state index in [0.29, 0.717) is 30.5 Å². The van der Waals surface area contributed by atoms with Crippen LogP contribution < -0.4 is 10.9 Å². The van der Waals surface area contributed by atoms with Crippen LogP contribution in [0.2, 0.25) is 0 Å². The number of anilines is 1. The predicted molar refractivity (Wildman–Crippen MR) is 102 cm³/mol. The molecule has 0 aliphatic rings. The number of hydrogen-bond donors (Lipinski definition) is 3. The van der Waals surface area contributed by atoms with E-state index in [0.717, 1.165) is 25.8 Å². The summed E-state index contributed by atoms with van der Waals surface area (Å²) in [6.45, 7) is 3.83. The Labute approximate surface area is 165 Å². The Hall–Kier alpha value is -2.37. The monoisotopic (exact) mass is 397 g/mol. The Bertz CT molecular complexity index is 590. The van der Waals surface area contributed by atoms with Crippen LogP contribution in [0.4, 0.5) is 5.95 Å². The number of carbonyl (C=O) groups excluding carboxylic acids is 2. The van der Waals surface area contributed by atoms with Crippen molar-refractivity contribution in [3.63, 3.8) is 0 Å². The largest absolute Gasteiger partial charge is 0.383 e. The van der Waals surface area contributed by atoms with Crippen LogP contribution in [-0.2, 0) is 20.9 Å². The first kappa shape index (κ1) is 23.7. The smallest absolute Gasteiger partial charge is 0.245 e. The molecule has 0 bridgehead atoms. The lowest BCUT2D eigenvalue weighted by molar-refractivity contribution is -0.154. The zero-order valence-corrected chi connectivity index (χ0v) is 16.8. The van der Waals surface area contributed by atoms with Gasteiger partial charge in [0.15, 0.2) is 0 Å². The molecule has 1 rings (SSSR count). The van der Waals surface area contributed by atoms with Gasteiger partial charge in [-0.1, -0.05) is 26.2 Å². The van der Waals surface area contributed by atoms with Gasteiger partial charge in [0.05, 0.1) is 25.6 Å². The first-order valence-electron chi connectivity index (χ1n) is 9.32. The van der Waals surface area contributed by atoms with Crippen LogP contribution in [0.15, 0.2) is 6.33 Å². The molecule has 0 aliphatic carbocycles. The van der Waals surface area contributed by atoms with Gasteiger partial charge in [0.1, 0.15) is 12.2 Å². The minimum absolute atomic E-state index is 0.0759. The van der Waals surface area contributed by atoms with E-state index in [4.69, 9.17) is 4.74 Å². The van der Waals surface area contributed by atoms with Crippen molar-refractivity contribution in [2.75, 3.05) is 39.3 Å². The van der Waals surface area contributed by atoms with Crippen molar-refractivity contribution in [3.05, 3.63) is 12.2 Å². The van der Waals surface area contributed by atoms with Crippen LogP contribution >= 0.6 is 0 Å². The predicted octanol–water partition coefficient (Wildman–Crippen LogP) is 0.437.